The Hall–Kier alpha value is -1.56. The van der Waals surface area contributed by atoms with Crippen molar-refractivity contribution in [3.05, 3.63) is 29.6 Å². The van der Waals surface area contributed by atoms with Crippen molar-refractivity contribution < 1.29 is 4.39 Å². The van der Waals surface area contributed by atoms with Gasteiger partial charge in [-0.15, -0.1) is 0 Å². The molecule has 0 unspecified atom stereocenters. The van der Waals surface area contributed by atoms with Gasteiger partial charge in [0.15, 0.2) is 0 Å². The zero-order chi connectivity index (χ0) is 12.8. The first-order chi connectivity index (χ1) is 8.79. The van der Waals surface area contributed by atoms with E-state index in [0.717, 1.165) is 18.5 Å². The Kier molecular flexibility index (Phi) is 4.58. The molecule has 0 saturated heterocycles. The van der Waals surface area contributed by atoms with Gasteiger partial charge < -0.3 is 5.32 Å². The average Bonchev–Trinajstić information content (AvgIpc) is 2.34. The second-order valence-electron chi connectivity index (χ2n) is 4.99. The van der Waals surface area contributed by atoms with E-state index in [-0.39, 0.29) is 5.82 Å². The third-order valence-electron chi connectivity index (χ3n) is 3.57. The van der Waals surface area contributed by atoms with Gasteiger partial charge in [0, 0.05) is 6.04 Å². The van der Waals surface area contributed by atoms with Gasteiger partial charge >= 0.3 is 0 Å². The molecule has 1 N–H and O–H groups in total. The minimum atomic E-state index is -0.352. The summed E-state index contributed by atoms with van der Waals surface area (Å²) in [6, 6.07) is 6.85. The number of nitrogens with one attached hydrogen (secondary N) is 1. The molecule has 2 nitrogen and oxygen atoms in total. The average molecular weight is 246 g/mol. The summed E-state index contributed by atoms with van der Waals surface area (Å²) in [4.78, 5) is 0. The number of nitriles is 1. The Morgan fingerprint density at radius 2 is 1.78 bits per heavy atom. The van der Waals surface area contributed by atoms with Crippen LogP contribution in [0.15, 0.2) is 18.2 Å². The molecule has 3 heteroatoms. The third-order valence-corrected chi connectivity index (χ3v) is 3.57. The Morgan fingerprint density at radius 3 is 2.44 bits per heavy atom. The predicted octanol–water partition coefficient (Wildman–Crippen LogP) is 4.22. The Morgan fingerprint density at radius 1 is 1.11 bits per heavy atom. The summed E-state index contributed by atoms with van der Waals surface area (Å²) < 4.78 is 13.1. The monoisotopic (exact) mass is 246 g/mol. The topological polar surface area (TPSA) is 35.8 Å². The van der Waals surface area contributed by atoms with Crippen LogP contribution in [-0.2, 0) is 0 Å². The van der Waals surface area contributed by atoms with Crippen molar-refractivity contribution in [1.82, 2.24) is 0 Å². The largest absolute Gasteiger partial charge is 0.381 e. The highest BCUT2D eigenvalue weighted by Crippen LogP contribution is 2.23. The molecule has 0 aromatic heterocycles. The summed E-state index contributed by atoms with van der Waals surface area (Å²) in [5.74, 6) is -0.352. The lowest BCUT2D eigenvalue weighted by Crippen LogP contribution is -2.21. The normalized spacial score (nSPS) is 17.6. The molecule has 0 atom stereocenters. The summed E-state index contributed by atoms with van der Waals surface area (Å²) in [5.41, 5.74) is 1.17. The van der Waals surface area contributed by atoms with Gasteiger partial charge in [-0.25, -0.2) is 4.39 Å². The van der Waals surface area contributed by atoms with Gasteiger partial charge in [-0.05, 0) is 31.0 Å². The molecular formula is C15H19FN2. The molecule has 0 aliphatic heterocycles. The number of halogens is 1. The van der Waals surface area contributed by atoms with Crippen LogP contribution in [0.2, 0.25) is 0 Å². The van der Waals surface area contributed by atoms with Crippen molar-refractivity contribution in [2.45, 2.75) is 51.0 Å². The first-order valence-corrected chi connectivity index (χ1v) is 6.76. The fourth-order valence-electron chi connectivity index (χ4n) is 2.56. The second kappa shape index (κ2) is 6.39. The molecule has 1 aromatic rings. The molecule has 2 rings (SSSR count). The summed E-state index contributed by atoms with van der Waals surface area (Å²) >= 11 is 0. The lowest BCUT2D eigenvalue weighted by atomic mass is 9.96. The summed E-state index contributed by atoms with van der Waals surface area (Å²) in [5, 5.41) is 12.4. The Balaban J connectivity index is 2.05. The lowest BCUT2D eigenvalue weighted by Gasteiger charge is -2.22. The van der Waals surface area contributed by atoms with E-state index in [2.05, 4.69) is 11.4 Å². The number of rotatable bonds is 2. The van der Waals surface area contributed by atoms with Crippen molar-refractivity contribution >= 4 is 5.69 Å². The van der Waals surface area contributed by atoms with Crippen molar-refractivity contribution in [3.63, 3.8) is 0 Å². The van der Waals surface area contributed by atoms with E-state index in [0.29, 0.717) is 11.6 Å². The molecule has 1 aliphatic rings. The molecule has 0 heterocycles. The maximum Gasteiger partial charge on any atom is 0.124 e. The number of nitrogens with zero attached hydrogens (tertiary/aromatic N) is 1. The van der Waals surface area contributed by atoms with Crippen LogP contribution in [0.1, 0.15) is 50.5 Å². The maximum absolute atomic E-state index is 13.1. The highest BCUT2D eigenvalue weighted by molar-refractivity contribution is 5.57. The Bertz CT molecular complexity index is 429. The van der Waals surface area contributed by atoms with E-state index in [1.165, 1.54) is 44.2 Å². The SMILES string of the molecule is N#Cc1cc(F)ccc1NC1CCCCCCC1. The highest BCUT2D eigenvalue weighted by Gasteiger charge is 2.13. The lowest BCUT2D eigenvalue weighted by molar-refractivity contribution is 0.471. The Labute approximate surface area is 108 Å². The van der Waals surface area contributed by atoms with Gasteiger partial charge in [0.05, 0.1) is 11.3 Å². The molecule has 0 bridgehead atoms. The van der Waals surface area contributed by atoms with Gasteiger partial charge in [-0.2, -0.15) is 5.26 Å². The molecule has 18 heavy (non-hydrogen) atoms. The number of hydrogen-bond acceptors (Lipinski definition) is 2. The van der Waals surface area contributed by atoms with Crippen LogP contribution in [0.3, 0.4) is 0 Å². The molecule has 0 radical (unpaired) electrons. The molecular weight excluding hydrogens is 227 g/mol. The third kappa shape index (κ3) is 3.46. The number of anilines is 1. The quantitative estimate of drug-likeness (QED) is 0.848. The van der Waals surface area contributed by atoms with Gasteiger partial charge in [-0.3, -0.25) is 0 Å². The standard InChI is InChI=1S/C15H19FN2/c16-13-8-9-15(12(10-13)11-17)18-14-6-4-2-1-3-5-7-14/h8-10,14,18H,1-7H2. The fraction of sp³-hybridized carbons (Fsp3) is 0.533. The van der Waals surface area contributed by atoms with E-state index in [1.807, 2.05) is 0 Å². The second-order valence-corrected chi connectivity index (χ2v) is 4.99. The first-order valence-electron chi connectivity index (χ1n) is 6.76. The molecule has 1 aromatic carbocycles. The van der Waals surface area contributed by atoms with Crippen molar-refractivity contribution in [2.24, 2.45) is 0 Å². The summed E-state index contributed by atoms with van der Waals surface area (Å²) in [6.45, 7) is 0. The van der Waals surface area contributed by atoms with Crippen LogP contribution in [0, 0.1) is 17.1 Å². The van der Waals surface area contributed by atoms with E-state index >= 15 is 0 Å². The fourth-order valence-corrected chi connectivity index (χ4v) is 2.56. The van der Waals surface area contributed by atoms with Gasteiger partial charge in [0.2, 0.25) is 0 Å². The minimum Gasteiger partial charge on any atom is -0.381 e. The van der Waals surface area contributed by atoms with Crippen LogP contribution >= 0.6 is 0 Å². The van der Waals surface area contributed by atoms with Crippen LogP contribution in [-0.4, -0.2) is 6.04 Å². The van der Waals surface area contributed by atoms with Crippen molar-refractivity contribution in [1.29, 1.82) is 5.26 Å². The number of benzene rings is 1. The maximum atomic E-state index is 13.1. The van der Waals surface area contributed by atoms with Gasteiger partial charge in [-0.1, -0.05) is 32.1 Å². The molecule has 0 spiro atoms. The zero-order valence-corrected chi connectivity index (χ0v) is 10.6. The molecule has 1 saturated carbocycles. The van der Waals surface area contributed by atoms with Crippen LogP contribution < -0.4 is 5.32 Å². The van der Waals surface area contributed by atoms with Crippen molar-refractivity contribution in [2.75, 3.05) is 5.32 Å². The van der Waals surface area contributed by atoms with E-state index < -0.39 is 0 Å². The van der Waals surface area contributed by atoms with Crippen LogP contribution in [0.25, 0.3) is 0 Å². The van der Waals surface area contributed by atoms with Gasteiger partial charge in [0.1, 0.15) is 11.9 Å². The van der Waals surface area contributed by atoms with Crippen LogP contribution in [0.4, 0.5) is 10.1 Å². The van der Waals surface area contributed by atoms with E-state index in [4.69, 9.17) is 5.26 Å². The summed E-state index contributed by atoms with van der Waals surface area (Å²) in [7, 11) is 0. The van der Waals surface area contributed by atoms with Crippen LogP contribution in [0.5, 0.6) is 0 Å². The minimum absolute atomic E-state index is 0.352. The van der Waals surface area contributed by atoms with E-state index in [9.17, 15) is 4.39 Å². The molecule has 1 aliphatic carbocycles. The summed E-state index contributed by atoms with van der Waals surface area (Å²) in [6.07, 6.45) is 8.69. The van der Waals surface area contributed by atoms with Gasteiger partial charge in [0.25, 0.3) is 0 Å². The predicted molar refractivity (Wildman–Crippen MR) is 70.8 cm³/mol. The number of hydrogen-bond donors (Lipinski definition) is 1. The molecule has 1 fully saturated rings. The zero-order valence-electron chi connectivity index (χ0n) is 10.6. The smallest absolute Gasteiger partial charge is 0.124 e. The molecule has 96 valence electrons. The first kappa shape index (κ1) is 12.9. The van der Waals surface area contributed by atoms with E-state index in [1.54, 1.807) is 6.07 Å². The highest BCUT2D eigenvalue weighted by atomic mass is 19.1. The van der Waals surface area contributed by atoms with Crippen molar-refractivity contribution in [3.8, 4) is 6.07 Å². The molecule has 0 amide bonds.